The standard InChI is InChI=1S/C8H13NO3/c1-11-4-2-3-8-9-7(5-10)6-12-8/h6,10H,2-5H2,1H3. The molecule has 0 spiro atoms. The fourth-order valence-electron chi connectivity index (χ4n) is 0.904. The lowest BCUT2D eigenvalue weighted by molar-refractivity contribution is 0.193. The largest absolute Gasteiger partial charge is 0.449 e. The molecule has 1 aromatic heterocycles. The Morgan fingerprint density at radius 1 is 1.67 bits per heavy atom. The molecule has 68 valence electrons. The molecule has 4 heteroatoms. The fourth-order valence-corrected chi connectivity index (χ4v) is 0.904. The quantitative estimate of drug-likeness (QED) is 0.664. The maximum Gasteiger partial charge on any atom is 0.194 e. The molecule has 0 saturated carbocycles. The van der Waals surface area contributed by atoms with Gasteiger partial charge in [-0.05, 0) is 6.42 Å². The van der Waals surface area contributed by atoms with E-state index in [1.807, 2.05) is 0 Å². The Balaban J connectivity index is 2.31. The molecule has 0 atom stereocenters. The van der Waals surface area contributed by atoms with Gasteiger partial charge in [-0.25, -0.2) is 4.98 Å². The van der Waals surface area contributed by atoms with E-state index in [9.17, 15) is 0 Å². The van der Waals surface area contributed by atoms with E-state index in [0.29, 0.717) is 18.2 Å². The van der Waals surface area contributed by atoms with Crippen LogP contribution in [0.4, 0.5) is 0 Å². The zero-order valence-electron chi connectivity index (χ0n) is 7.12. The second-order valence-corrected chi connectivity index (χ2v) is 2.49. The molecule has 1 heterocycles. The van der Waals surface area contributed by atoms with Crippen molar-refractivity contribution in [2.75, 3.05) is 13.7 Å². The maximum absolute atomic E-state index is 8.68. The Kier molecular flexibility index (Phi) is 3.76. The fraction of sp³-hybridized carbons (Fsp3) is 0.625. The van der Waals surface area contributed by atoms with E-state index in [-0.39, 0.29) is 6.61 Å². The van der Waals surface area contributed by atoms with Crippen LogP contribution in [0.25, 0.3) is 0 Å². The molecule has 0 aliphatic carbocycles. The summed E-state index contributed by atoms with van der Waals surface area (Å²) in [5.41, 5.74) is 0.586. The van der Waals surface area contributed by atoms with Gasteiger partial charge < -0.3 is 14.3 Å². The minimum Gasteiger partial charge on any atom is -0.449 e. The van der Waals surface area contributed by atoms with Crippen LogP contribution in [-0.4, -0.2) is 23.8 Å². The number of aliphatic hydroxyl groups excluding tert-OH is 1. The molecule has 4 nitrogen and oxygen atoms in total. The first-order chi connectivity index (χ1) is 5.86. The molecule has 1 rings (SSSR count). The van der Waals surface area contributed by atoms with Crippen molar-refractivity contribution >= 4 is 0 Å². The number of aliphatic hydroxyl groups is 1. The highest BCUT2D eigenvalue weighted by molar-refractivity contribution is 4.94. The van der Waals surface area contributed by atoms with Crippen molar-refractivity contribution in [3.63, 3.8) is 0 Å². The number of oxazole rings is 1. The Labute approximate surface area is 71.2 Å². The summed E-state index contributed by atoms with van der Waals surface area (Å²) in [7, 11) is 1.66. The first-order valence-electron chi connectivity index (χ1n) is 3.90. The van der Waals surface area contributed by atoms with Crippen molar-refractivity contribution in [3.8, 4) is 0 Å². The van der Waals surface area contributed by atoms with Crippen LogP contribution in [0, 0.1) is 0 Å². The highest BCUT2D eigenvalue weighted by atomic mass is 16.5. The van der Waals surface area contributed by atoms with Gasteiger partial charge in [0.15, 0.2) is 5.89 Å². The number of aromatic nitrogens is 1. The van der Waals surface area contributed by atoms with Crippen LogP contribution >= 0.6 is 0 Å². The van der Waals surface area contributed by atoms with E-state index in [1.165, 1.54) is 6.26 Å². The second kappa shape index (κ2) is 4.90. The molecule has 0 aromatic carbocycles. The molecule has 0 radical (unpaired) electrons. The molecule has 0 aliphatic rings. The molecule has 0 fully saturated rings. The summed E-state index contributed by atoms with van der Waals surface area (Å²) >= 11 is 0. The van der Waals surface area contributed by atoms with Gasteiger partial charge in [0.05, 0.1) is 6.61 Å². The molecular formula is C8H13NO3. The van der Waals surface area contributed by atoms with Crippen LogP contribution in [0.1, 0.15) is 18.0 Å². The number of rotatable bonds is 5. The molecule has 0 unspecified atom stereocenters. The molecule has 0 bridgehead atoms. The van der Waals surface area contributed by atoms with Crippen molar-refractivity contribution in [1.29, 1.82) is 0 Å². The first kappa shape index (κ1) is 9.22. The normalized spacial score (nSPS) is 10.5. The number of ether oxygens (including phenoxy) is 1. The van der Waals surface area contributed by atoms with Gasteiger partial charge in [-0.1, -0.05) is 0 Å². The molecular weight excluding hydrogens is 158 g/mol. The first-order valence-corrected chi connectivity index (χ1v) is 3.90. The zero-order chi connectivity index (χ0) is 8.81. The van der Waals surface area contributed by atoms with Crippen LogP contribution in [0.2, 0.25) is 0 Å². The van der Waals surface area contributed by atoms with Gasteiger partial charge in [-0.2, -0.15) is 0 Å². The van der Waals surface area contributed by atoms with Gasteiger partial charge in [0.2, 0.25) is 0 Å². The Bertz CT molecular complexity index is 222. The predicted octanol–water partition coefficient (Wildman–Crippen LogP) is 0.746. The highest BCUT2D eigenvalue weighted by Gasteiger charge is 2.01. The summed E-state index contributed by atoms with van der Waals surface area (Å²) in [4.78, 5) is 4.03. The van der Waals surface area contributed by atoms with Gasteiger partial charge in [0, 0.05) is 20.1 Å². The van der Waals surface area contributed by atoms with Crippen molar-refractivity contribution in [2.24, 2.45) is 0 Å². The van der Waals surface area contributed by atoms with E-state index in [2.05, 4.69) is 4.98 Å². The third-order valence-corrected chi connectivity index (χ3v) is 1.50. The summed E-state index contributed by atoms with van der Waals surface area (Å²) in [6, 6.07) is 0. The van der Waals surface area contributed by atoms with Gasteiger partial charge in [-0.3, -0.25) is 0 Å². The van der Waals surface area contributed by atoms with Crippen LogP contribution in [0.15, 0.2) is 10.7 Å². The minimum atomic E-state index is -0.0617. The van der Waals surface area contributed by atoms with Crippen LogP contribution < -0.4 is 0 Å². The van der Waals surface area contributed by atoms with E-state index in [0.717, 1.165) is 12.8 Å². The summed E-state index contributed by atoms with van der Waals surface area (Å²) in [5, 5.41) is 8.68. The number of methoxy groups -OCH3 is 1. The second-order valence-electron chi connectivity index (χ2n) is 2.49. The molecule has 1 N–H and O–H groups in total. The number of nitrogens with zero attached hydrogens (tertiary/aromatic N) is 1. The summed E-state index contributed by atoms with van der Waals surface area (Å²) in [6.07, 6.45) is 3.12. The Morgan fingerprint density at radius 3 is 3.08 bits per heavy atom. The molecule has 0 saturated heterocycles. The Hall–Kier alpha value is -0.870. The van der Waals surface area contributed by atoms with Crippen LogP contribution in [0.3, 0.4) is 0 Å². The zero-order valence-corrected chi connectivity index (χ0v) is 7.12. The number of hydrogen-bond acceptors (Lipinski definition) is 4. The van der Waals surface area contributed by atoms with Gasteiger partial charge in [0.25, 0.3) is 0 Å². The summed E-state index contributed by atoms with van der Waals surface area (Å²) in [6.45, 7) is 0.643. The van der Waals surface area contributed by atoms with Gasteiger partial charge >= 0.3 is 0 Å². The lowest BCUT2D eigenvalue weighted by Gasteiger charge is -1.93. The lowest BCUT2D eigenvalue weighted by atomic mass is 10.3. The summed E-state index contributed by atoms with van der Waals surface area (Å²) in [5.74, 6) is 0.663. The van der Waals surface area contributed by atoms with Crippen molar-refractivity contribution in [2.45, 2.75) is 19.4 Å². The van der Waals surface area contributed by atoms with Crippen molar-refractivity contribution in [1.82, 2.24) is 4.98 Å². The summed E-state index contributed by atoms with van der Waals surface area (Å²) < 4.78 is 9.95. The topological polar surface area (TPSA) is 55.5 Å². The molecule has 1 aromatic rings. The van der Waals surface area contributed by atoms with E-state index in [1.54, 1.807) is 7.11 Å². The smallest absolute Gasteiger partial charge is 0.194 e. The molecule has 0 amide bonds. The number of aryl methyl sites for hydroxylation is 1. The number of hydrogen-bond donors (Lipinski definition) is 1. The minimum absolute atomic E-state index is 0.0617. The van der Waals surface area contributed by atoms with E-state index < -0.39 is 0 Å². The average molecular weight is 171 g/mol. The predicted molar refractivity (Wildman–Crippen MR) is 42.6 cm³/mol. The average Bonchev–Trinajstić information content (AvgIpc) is 2.53. The van der Waals surface area contributed by atoms with Crippen LogP contribution in [0.5, 0.6) is 0 Å². The molecule has 0 aliphatic heterocycles. The third kappa shape index (κ3) is 2.64. The lowest BCUT2D eigenvalue weighted by Crippen LogP contribution is -1.93. The van der Waals surface area contributed by atoms with E-state index >= 15 is 0 Å². The maximum atomic E-state index is 8.68. The Morgan fingerprint density at radius 2 is 2.50 bits per heavy atom. The van der Waals surface area contributed by atoms with Crippen molar-refractivity contribution in [3.05, 3.63) is 17.8 Å². The van der Waals surface area contributed by atoms with Crippen LogP contribution in [-0.2, 0) is 17.8 Å². The molecule has 12 heavy (non-hydrogen) atoms. The van der Waals surface area contributed by atoms with Crippen molar-refractivity contribution < 1.29 is 14.3 Å². The monoisotopic (exact) mass is 171 g/mol. The van der Waals surface area contributed by atoms with Gasteiger partial charge in [0.1, 0.15) is 12.0 Å². The van der Waals surface area contributed by atoms with Gasteiger partial charge in [-0.15, -0.1) is 0 Å². The SMILES string of the molecule is COCCCc1nc(CO)co1. The highest BCUT2D eigenvalue weighted by Crippen LogP contribution is 2.04. The van der Waals surface area contributed by atoms with E-state index in [4.69, 9.17) is 14.3 Å². The third-order valence-electron chi connectivity index (χ3n) is 1.50.